The number of fused-ring (bicyclic) bond motifs is 2. The molecule has 0 radical (unpaired) electrons. The van der Waals surface area contributed by atoms with Crippen molar-refractivity contribution in [1.82, 2.24) is 10.3 Å². The van der Waals surface area contributed by atoms with Crippen LogP contribution in [0.4, 0.5) is 0 Å². The fourth-order valence-corrected chi connectivity index (χ4v) is 4.57. The van der Waals surface area contributed by atoms with Crippen LogP contribution in [0.3, 0.4) is 0 Å². The Bertz CT molecular complexity index is 1130. The number of hydrogen-bond acceptors (Lipinski definition) is 7. The van der Waals surface area contributed by atoms with Gasteiger partial charge in [-0.2, -0.15) is 0 Å². The number of methoxy groups -OCH3 is 1. The number of benzene rings is 2. The van der Waals surface area contributed by atoms with Crippen LogP contribution in [-0.4, -0.2) is 35.6 Å². The van der Waals surface area contributed by atoms with E-state index in [4.69, 9.17) is 19.6 Å². The molecule has 4 rings (SSSR count). The lowest BCUT2D eigenvalue weighted by atomic mass is 10.1. The summed E-state index contributed by atoms with van der Waals surface area (Å²) >= 11 is 1.55. The molecule has 1 atom stereocenters. The molecule has 1 amide bonds. The number of nitrogens with one attached hydrogen (secondary N) is 1. The van der Waals surface area contributed by atoms with E-state index < -0.39 is 6.17 Å². The number of carbonyl (C=O) groups excluding carboxylic acids is 1. The SMILES string of the molecule is CCCCSC1=NN2C(=c3ccccc3=N[C@H]2c2cccc(OCC)c2OC)C(=O)N1. The van der Waals surface area contributed by atoms with E-state index in [0.29, 0.717) is 29.0 Å². The van der Waals surface area contributed by atoms with Gasteiger partial charge in [0.25, 0.3) is 5.91 Å². The Morgan fingerprint density at radius 3 is 2.77 bits per heavy atom. The van der Waals surface area contributed by atoms with Gasteiger partial charge in [0.15, 0.2) is 22.8 Å². The third kappa shape index (κ3) is 4.12. The van der Waals surface area contributed by atoms with Crippen LogP contribution in [0.25, 0.3) is 5.70 Å². The van der Waals surface area contributed by atoms with E-state index in [9.17, 15) is 4.79 Å². The molecule has 0 aromatic heterocycles. The quantitative estimate of drug-likeness (QED) is 0.673. The molecule has 1 N–H and O–H groups in total. The Kier molecular flexibility index (Phi) is 6.46. The van der Waals surface area contributed by atoms with Crippen molar-refractivity contribution in [2.24, 2.45) is 10.1 Å². The second-order valence-corrected chi connectivity index (χ2v) is 8.17. The summed E-state index contributed by atoms with van der Waals surface area (Å²) in [6.45, 7) is 4.59. The average Bonchev–Trinajstić information content (AvgIpc) is 2.78. The molecule has 31 heavy (non-hydrogen) atoms. The minimum Gasteiger partial charge on any atom is -0.492 e. The van der Waals surface area contributed by atoms with Crippen LogP contribution in [0.15, 0.2) is 52.6 Å². The average molecular weight is 439 g/mol. The van der Waals surface area contributed by atoms with Crippen LogP contribution in [-0.2, 0) is 4.79 Å². The fraction of sp³-hybridized carbons (Fsp3) is 0.348. The summed E-state index contributed by atoms with van der Waals surface area (Å²) in [6.07, 6.45) is 1.59. The lowest BCUT2D eigenvalue weighted by Crippen LogP contribution is -2.50. The van der Waals surface area contributed by atoms with Gasteiger partial charge in [-0.15, -0.1) is 5.10 Å². The van der Waals surface area contributed by atoms with Crippen molar-refractivity contribution < 1.29 is 14.3 Å². The molecule has 8 heteroatoms. The van der Waals surface area contributed by atoms with Gasteiger partial charge in [0.05, 0.1) is 19.1 Å². The summed E-state index contributed by atoms with van der Waals surface area (Å²) in [6, 6.07) is 13.3. The predicted octanol–water partition coefficient (Wildman–Crippen LogP) is 2.77. The van der Waals surface area contributed by atoms with E-state index in [1.54, 1.807) is 23.9 Å². The summed E-state index contributed by atoms with van der Waals surface area (Å²) in [5, 5.41) is 11.5. The molecule has 0 spiro atoms. The first-order valence-electron chi connectivity index (χ1n) is 10.5. The number of amidine groups is 1. The van der Waals surface area contributed by atoms with E-state index in [1.165, 1.54) is 0 Å². The van der Waals surface area contributed by atoms with Gasteiger partial charge in [-0.3, -0.25) is 15.1 Å². The Labute approximate surface area is 185 Å². The summed E-state index contributed by atoms with van der Waals surface area (Å²) in [5.74, 6) is 1.95. The van der Waals surface area contributed by atoms with Crippen LogP contribution in [0.1, 0.15) is 38.4 Å². The largest absolute Gasteiger partial charge is 0.492 e. The van der Waals surface area contributed by atoms with Gasteiger partial charge in [0.1, 0.15) is 5.70 Å². The van der Waals surface area contributed by atoms with Gasteiger partial charge in [0.2, 0.25) is 0 Å². The zero-order valence-corrected chi connectivity index (χ0v) is 18.7. The number of ether oxygens (including phenoxy) is 2. The van der Waals surface area contributed by atoms with Crippen molar-refractivity contribution >= 4 is 28.5 Å². The molecule has 0 saturated carbocycles. The summed E-state index contributed by atoms with van der Waals surface area (Å²) in [7, 11) is 1.61. The molecule has 2 aliphatic heterocycles. The lowest BCUT2D eigenvalue weighted by Gasteiger charge is -2.34. The highest BCUT2D eigenvalue weighted by atomic mass is 32.2. The van der Waals surface area contributed by atoms with E-state index in [-0.39, 0.29) is 5.91 Å². The highest BCUT2D eigenvalue weighted by molar-refractivity contribution is 8.13. The number of unbranched alkanes of at least 4 members (excludes halogenated alkanes) is 1. The molecule has 2 aromatic carbocycles. The molecule has 7 nitrogen and oxygen atoms in total. The van der Waals surface area contributed by atoms with Crippen LogP contribution < -0.4 is 25.4 Å². The van der Waals surface area contributed by atoms with Crippen molar-refractivity contribution in [3.05, 3.63) is 58.6 Å². The van der Waals surface area contributed by atoms with Crippen LogP contribution in [0.2, 0.25) is 0 Å². The molecule has 0 bridgehead atoms. The maximum absolute atomic E-state index is 13.2. The van der Waals surface area contributed by atoms with E-state index in [0.717, 1.165) is 34.7 Å². The highest BCUT2D eigenvalue weighted by Crippen LogP contribution is 2.40. The molecule has 0 saturated heterocycles. The molecule has 2 aromatic rings. The standard InChI is InChI=1S/C23H26N4O3S/c1-4-6-14-31-23-25-22(28)19-15-10-7-8-12-17(15)24-21(27(19)26-23)16-11-9-13-18(30-5-2)20(16)29-3/h7-13,21H,4-6,14H2,1-3H3,(H,25,26,28)/t21-/m1/s1. The van der Waals surface area contributed by atoms with Gasteiger partial charge < -0.3 is 9.47 Å². The summed E-state index contributed by atoms with van der Waals surface area (Å²) in [4.78, 5) is 18.1. The number of hydrogen-bond donors (Lipinski definition) is 1. The molecular weight excluding hydrogens is 412 g/mol. The second kappa shape index (κ2) is 9.43. The van der Waals surface area contributed by atoms with Crippen LogP contribution in [0, 0.1) is 0 Å². The third-order valence-corrected chi connectivity index (χ3v) is 5.99. The first kappa shape index (κ1) is 21.2. The van der Waals surface area contributed by atoms with Crippen molar-refractivity contribution in [1.29, 1.82) is 0 Å². The molecule has 162 valence electrons. The van der Waals surface area contributed by atoms with Gasteiger partial charge in [-0.25, -0.2) is 5.01 Å². The number of nitrogens with zero attached hydrogens (tertiary/aromatic N) is 3. The van der Waals surface area contributed by atoms with Crippen molar-refractivity contribution in [3.63, 3.8) is 0 Å². The number of amides is 1. The number of rotatable bonds is 7. The number of carbonyl (C=O) groups is 1. The van der Waals surface area contributed by atoms with Crippen molar-refractivity contribution in [3.8, 4) is 11.5 Å². The molecule has 0 aliphatic carbocycles. The minimum absolute atomic E-state index is 0.179. The lowest BCUT2D eigenvalue weighted by molar-refractivity contribution is -0.116. The third-order valence-electron chi connectivity index (χ3n) is 5.04. The molecule has 0 fully saturated rings. The zero-order chi connectivity index (χ0) is 21.8. The van der Waals surface area contributed by atoms with Crippen molar-refractivity contribution in [2.75, 3.05) is 19.5 Å². The number of hydrazone groups is 1. The Hall–Kier alpha value is -3.00. The smallest absolute Gasteiger partial charge is 0.276 e. The van der Waals surface area contributed by atoms with Crippen LogP contribution in [0.5, 0.6) is 11.5 Å². The van der Waals surface area contributed by atoms with Crippen molar-refractivity contribution in [2.45, 2.75) is 32.9 Å². The predicted molar refractivity (Wildman–Crippen MR) is 122 cm³/mol. The minimum atomic E-state index is -0.548. The molecule has 2 heterocycles. The molecular formula is C23H26N4O3S. The number of para-hydroxylation sites is 2. The van der Waals surface area contributed by atoms with E-state index >= 15 is 0 Å². The summed E-state index contributed by atoms with van der Waals surface area (Å²) in [5.41, 5.74) is 1.27. The van der Waals surface area contributed by atoms with Gasteiger partial charge in [-0.1, -0.05) is 55.4 Å². The normalized spacial score (nSPS) is 17.2. The first-order valence-corrected chi connectivity index (χ1v) is 11.4. The van der Waals surface area contributed by atoms with Gasteiger partial charge in [-0.05, 0) is 25.5 Å². The molecule has 0 unspecified atom stereocenters. The Balaban J connectivity index is 1.87. The van der Waals surface area contributed by atoms with Gasteiger partial charge in [0, 0.05) is 16.5 Å². The number of thioether (sulfide) groups is 1. The maximum Gasteiger partial charge on any atom is 0.276 e. The highest BCUT2D eigenvalue weighted by Gasteiger charge is 2.36. The zero-order valence-electron chi connectivity index (χ0n) is 17.9. The fourth-order valence-electron chi connectivity index (χ4n) is 3.63. The topological polar surface area (TPSA) is 75.5 Å². The maximum atomic E-state index is 13.2. The summed E-state index contributed by atoms with van der Waals surface area (Å²) < 4.78 is 11.5. The Morgan fingerprint density at radius 2 is 2.00 bits per heavy atom. The first-order chi connectivity index (χ1) is 15.2. The van der Waals surface area contributed by atoms with E-state index in [2.05, 4.69) is 12.2 Å². The van der Waals surface area contributed by atoms with Crippen LogP contribution >= 0.6 is 11.8 Å². The monoisotopic (exact) mass is 438 g/mol. The van der Waals surface area contributed by atoms with Gasteiger partial charge >= 0.3 is 0 Å². The molecule has 2 aliphatic rings. The van der Waals surface area contributed by atoms with E-state index in [1.807, 2.05) is 49.4 Å². The second-order valence-electron chi connectivity index (χ2n) is 7.09. The Morgan fingerprint density at radius 1 is 1.16 bits per heavy atom.